The summed E-state index contributed by atoms with van der Waals surface area (Å²) in [7, 11) is -3.79. The predicted octanol–water partition coefficient (Wildman–Crippen LogP) is 3.23. The number of carbonyl (C=O) groups is 2. The first-order chi connectivity index (χ1) is 15.9. The highest BCUT2D eigenvalue weighted by Gasteiger charge is 2.37. The van der Waals surface area contributed by atoms with Gasteiger partial charge in [-0.2, -0.15) is 4.31 Å². The zero-order chi connectivity index (χ0) is 23.4. The molecule has 0 spiro atoms. The minimum Gasteiger partial charge on any atom is -0.457 e. The van der Waals surface area contributed by atoms with Crippen molar-refractivity contribution in [3.63, 3.8) is 0 Å². The molecule has 0 aromatic heterocycles. The Morgan fingerprint density at radius 3 is 2.42 bits per heavy atom. The summed E-state index contributed by atoms with van der Waals surface area (Å²) in [4.78, 5) is 25.5. The highest BCUT2D eigenvalue weighted by molar-refractivity contribution is 7.89. The van der Waals surface area contributed by atoms with E-state index < -0.39 is 28.1 Å². The summed E-state index contributed by atoms with van der Waals surface area (Å²) in [6, 6.07) is 14.3. The molecule has 2 heterocycles. The van der Waals surface area contributed by atoms with E-state index in [1.807, 2.05) is 30.3 Å². The Balaban J connectivity index is 1.68. The molecule has 2 aromatic rings. The van der Waals surface area contributed by atoms with Gasteiger partial charge in [0.05, 0.1) is 16.5 Å². The van der Waals surface area contributed by atoms with Crippen LogP contribution in [0.1, 0.15) is 43.4 Å². The van der Waals surface area contributed by atoms with E-state index in [1.54, 1.807) is 25.1 Å². The smallest absolute Gasteiger partial charge is 0.338 e. The summed E-state index contributed by atoms with van der Waals surface area (Å²) in [5.74, 6) is -0.626. The van der Waals surface area contributed by atoms with Gasteiger partial charge in [-0.05, 0) is 37.0 Å². The van der Waals surface area contributed by atoms with E-state index in [0.29, 0.717) is 24.4 Å². The SMILES string of the molecule is CC1=C(C(=O)OCc2ccccc2)C(c2ccccc2S(=O)(=O)N2CCCCC2)NC(=O)N1. The molecule has 0 radical (unpaired) electrons. The molecular weight excluding hydrogens is 442 g/mol. The zero-order valence-corrected chi connectivity index (χ0v) is 19.2. The van der Waals surface area contributed by atoms with Gasteiger partial charge in [-0.15, -0.1) is 0 Å². The van der Waals surface area contributed by atoms with E-state index in [9.17, 15) is 18.0 Å². The standard InChI is InChI=1S/C24H27N3O5S/c1-17-21(23(28)32-16-18-10-4-2-5-11-18)22(26-24(29)25-17)19-12-6-7-13-20(19)33(30,31)27-14-8-3-9-15-27/h2,4-7,10-13,22H,3,8-9,14-16H2,1H3,(H2,25,26,29). The van der Waals surface area contributed by atoms with Crippen LogP contribution in [0.15, 0.2) is 70.8 Å². The first kappa shape index (κ1) is 23.0. The fourth-order valence-electron chi connectivity index (χ4n) is 4.20. The van der Waals surface area contributed by atoms with Crippen LogP contribution in [0.2, 0.25) is 0 Å². The third kappa shape index (κ3) is 4.94. The van der Waals surface area contributed by atoms with Crippen LogP contribution in [-0.4, -0.2) is 37.8 Å². The highest BCUT2D eigenvalue weighted by atomic mass is 32.2. The van der Waals surface area contributed by atoms with E-state index in [2.05, 4.69) is 10.6 Å². The number of amides is 2. The van der Waals surface area contributed by atoms with Gasteiger partial charge >= 0.3 is 12.0 Å². The maximum absolute atomic E-state index is 13.5. The number of hydrogen-bond donors (Lipinski definition) is 2. The number of esters is 1. The van der Waals surface area contributed by atoms with Gasteiger partial charge in [0.25, 0.3) is 0 Å². The third-order valence-electron chi connectivity index (χ3n) is 5.86. The number of nitrogens with zero attached hydrogens (tertiary/aromatic N) is 1. The Morgan fingerprint density at radius 2 is 1.70 bits per heavy atom. The number of sulfonamides is 1. The molecule has 9 heteroatoms. The molecule has 4 rings (SSSR count). The topological polar surface area (TPSA) is 105 Å². The second-order valence-corrected chi connectivity index (χ2v) is 10.0. The van der Waals surface area contributed by atoms with Crippen molar-refractivity contribution in [3.05, 3.63) is 77.0 Å². The summed E-state index contributed by atoms with van der Waals surface area (Å²) < 4.78 is 33.9. The Bertz CT molecular complexity index is 1170. The van der Waals surface area contributed by atoms with Gasteiger partial charge in [0, 0.05) is 18.8 Å². The van der Waals surface area contributed by atoms with Crippen molar-refractivity contribution in [3.8, 4) is 0 Å². The Kier molecular flexibility index (Phi) is 6.80. The van der Waals surface area contributed by atoms with Crippen LogP contribution in [0.5, 0.6) is 0 Å². The molecular formula is C24H27N3O5S. The lowest BCUT2D eigenvalue weighted by atomic mass is 9.95. The molecule has 174 valence electrons. The number of ether oxygens (including phenoxy) is 1. The van der Waals surface area contributed by atoms with Gasteiger partial charge in [0.15, 0.2) is 0 Å². The van der Waals surface area contributed by atoms with Crippen molar-refractivity contribution < 1.29 is 22.7 Å². The highest BCUT2D eigenvalue weighted by Crippen LogP contribution is 2.34. The third-order valence-corrected chi connectivity index (χ3v) is 7.84. The monoisotopic (exact) mass is 469 g/mol. The average Bonchev–Trinajstić information content (AvgIpc) is 2.83. The second-order valence-electron chi connectivity index (χ2n) is 8.13. The Morgan fingerprint density at radius 1 is 1.03 bits per heavy atom. The molecule has 1 atom stereocenters. The molecule has 33 heavy (non-hydrogen) atoms. The van der Waals surface area contributed by atoms with Crippen LogP contribution >= 0.6 is 0 Å². The van der Waals surface area contributed by atoms with Crippen molar-refractivity contribution in [2.75, 3.05) is 13.1 Å². The number of allylic oxidation sites excluding steroid dienone is 1. The quantitative estimate of drug-likeness (QED) is 0.632. The molecule has 2 aliphatic rings. The number of piperidine rings is 1. The minimum atomic E-state index is -3.79. The predicted molar refractivity (Wildman–Crippen MR) is 122 cm³/mol. The number of hydrogen-bond acceptors (Lipinski definition) is 5. The fraction of sp³-hybridized carbons (Fsp3) is 0.333. The number of benzene rings is 2. The van der Waals surface area contributed by atoms with E-state index in [-0.39, 0.29) is 17.1 Å². The van der Waals surface area contributed by atoms with Crippen molar-refractivity contribution >= 4 is 22.0 Å². The van der Waals surface area contributed by atoms with Crippen LogP contribution in [0.25, 0.3) is 0 Å². The van der Waals surface area contributed by atoms with Gasteiger partial charge in [-0.3, -0.25) is 0 Å². The molecule has 1 fully saturated rings. The molecule has 0 aliphatic carbocycles. The first-order valence-electron chi connectivity index (χ1n) is 11.0. The van der Waals surface area contributed by atoms with E-state index in [1.165, 1.54) is 10.4 Å². The minimum absolute atomic E-state index is 0.0604. The van der Waals surface area contributed by atoms with Crippen molar-refractivity contribution in [2.45, 2.75) is 43.7 Å². The molecule has 1 saturated heterocycles. The van der Waals surface area contributed by atoms with E-state index in [0.717, 1.165) is 24.8 Å². The summed E-state index contributed by atoms with van der Waals surface area (Å²) in [5.41, 5.74) is 1.66. The van der Waals surface area contributed by atoms with Crippen molar-refractivity contribution in [2.24, 2.45) is 0 Å². The van der Waals surface area contributed by atoms with E-state index in [4.69, 9.17) is 4.74 Å². The van der Waals surface area contributed by atoms with Crippen LogP contribution in [0, 0.1) is 0 Å². The molecule has 2 N–H and O–H groups in total. The fourth-order valence-corrected chi connectivity index (χ4v) is 5.95. The Hall–Kier alpha value is -3.17. The largest absolute Gasteiger partial charge is 0.457 e. The number of rotatable bonds is 6. The number of urea groups is 1. The zero-order valence-electron chi connectivity index (χ0n) is 18.4. The molecule has 0 saturated carbocycles. The maximum Gasteiger partial charge on any atom is 0.338 e. The van der Waals surface area contributed by atoms with Gasteiger partial charge < -0.3 is 15.4 Å². The number of carbonyl (C=O) groups excluding carboxylic acids is 2. The second kappa shape index (κ2) is 9.76. The van der Waals surface area contributed by atoms with Crippen molar-refractivity contribution in [1.29, 1.82) is 0 Å². The molecule has 0 bridgehead atoms. The van der Waals surface area contributed by atoms with E-state index >= 15 is 0 Å². The van der Waals surface area contributed by atoms with Gasteiger partial charge in [0.2, 0.25) is 10.0 Å². The molecule has 2 aromatic carbocycles. The lowest BCUT2D eigenvalue weighted by molar-refractivity contribution is -0.140. The normalized spacial score (nSPS) is 19.5. The lowest BCUT2D eigenvalue weighted by Gasteiger charge is -2.31. The average molecular weight is 470 g/mol. The molecule has 2 aliphatic heterocycles. The van der Waals surface area contributed by atoms with Crippen LogP contribution in [0.4, 0.5) is 4.79 Å². The van der Waals surface area contributed by atoms with Crippen molar-refractivity contribution in [1.82, 2.24) is 14.9 Å². The first-order valence-corrected chi connectivity index (χ1v) is 12.4. The Labute approximate surface area is 193 Å². The van der Waals surface area contributed by atoms with Crippen LogP contribution in [0.3, 0.4) is 0 Å². The van der Waals surface area contributed by atoms with Crippen LogP contribution < -0.4 is 10.6 Å². The summed E-state index contributed by atoms with van der Waals surface area (Å²) in [5, 5.41) is 5.31. The van der Waals surface area contributed by atoms with Gasteiger partial charge in [-0.1, -0.05) is 55.0 Å². The summed E-state index contributed by atoms with van der Waals surface area (Å²) in [6.07, 6.45) is 2.61. The van der Waals surface area contributed by atoms with Gasteiger partial charge in [0.1, 0.15) is 6.61 Å². The van der Waals surface area contributed by atoms with Gasteiger partial charge in [-0.25, -0.2) is 18.0 Å². The molecule has 2 amide bonds. The van der Waals surface area contributed by atoms with Crippen LogP contribution in [-0.2, 0) is 26.2 Å². The lowest BCUT2D eigenvalue weighted by Crippen LogP contribution is -2.46. The molecule has 1 unspecified atom stereocenters. The number of nitrogens with one attached hydrogen (secondary N) is 2. The summed E-state index contributed by atoms with van der Waals surface area (Å²) in [6.45, 7) is 2.57. The molecule has 8 nitrogen and oxygen atoms in total. The maximum atomic E-state index is 13.5. The summed E-state index contributed by atoms with van der Waals surface area (Å²) >= 11 is 0.